The zero-order chi connectivity index (χ0) is 19.7. The van der Waals surface area contributed by atoms with Gasteiger partial charge < -0.3 is 10.6 Å². The Morgan fingerprint density at radius 2 is 1.71 bits per heavy atom. The molecule has 3 aromatic rings. The fourth-order valence-electron chi connectivity index (χ4n) is 3.48. The van der Waals surface area contributed by atoms with E-state index in [0.29, 0.717) is 5.52 Å². The number of benzene rings is 1. The molecular formula is C20H18F2N4O2. The number of nitrogens with one attached hydrogen (secondary N) is 2. The van der Waals surface area contributed by atoms with Crippen LogP contribution in [-0.2, 0) is 0 Å². The Morgan fingerprint density at radius 3 is 2.43 bits per heavy atom. The number of pyridine rings is 1. The molecule has 0 saturated heterocycles. The molecule has 0 radical (unpaired) electrons. The van der Waals surface area contributed by atoms with Crippen LogP contribution in [0, 0.1) is 11.6 Å². The van der Waals surface area contributed by atoms with Gasteiger partial charge in [-0.3, -0.25) is 14.0 Å². The maximum absolute atomic E-state index is 13.9. The van der Waals surface area contributed by atoms with Gasteiger partial charge in [-0.1, -0.05) is 25.0 Å². The highest BCUT2D eigenvalue weighted by molar-refractivity contribution is 6.09. The number of carbonyl (C=O) groups excluding carboxylic acids is 2. The Morgan fingerprint density at radius 1 is 1.00 bits per heavy atom. The highest BCUT2D eigenvalue weighted by Gasteiger charge is 2.25. The number of anilines is 1. The van der Waals surface area contributed by atoms with Crippen LogP contribution in [0.4, 0.5) is 14.5 Å². The number of carbonyl (C=O) groups is 2. The van der Waals surface area contributed by atoms with Gasteiger partial charge in [0.1, 0.15) is 17.3 Å². The molecule has 6 nitrogen and oxygen atoms in total. The Kier molecular flexibility index (Phi) is 4.77. The molecule has 0 spiro atoms. The number of imidazole rings is 1. The summed E-state index contributed by atoms with van der Waals surface area (Å²) >= 11 is 0. The van der Waals surface area contributed by atoms with Gasteiger partial charge in [0.25, 0.3) is 11.8 Å². The lowest BCUT2D eigenvalue weighted by Crippen LogP contribution is -2.33. The van der Waals surface area contributed by atoms with E-state index in [1.807, 2.05) is 0 Å². The Balaban J connectivity index is 1.67. The maximum Gasteiger partial charge on any atom is 0.287 e. The lowest BCUT2D eigenvalue weighted by Gasteiger charge is -2.10. The number of nitrogens with zero attached hydrogens (tertiary/aromatic N) is 2. The average molecular weight is 384 g/mol. The highest BCUT2D eigenvalue weighted by atomic mass is 19.1. The number of hydrogen-bond acceptors (Lipinski definition) is 3. The lowest BCUT2D eigenvalue weighted by molar-refractivity contribution is 0.0926. The summed E-state index contributed by atoms with van der Waals surface area (Å²) in [7, 11) is 0. The molecule has 1 aliphatic rings. The molecular weight excluding hydrogens is 366 g/mol. The van der Waals surface area contributed by atoms with Crippen LogP contribution in [0.3, 0.4) is 0 Å². The van der Waals surface area contributed by atoms with Crippen molar-refractivity contribution in [1.82, 2.24) is 14.7 Å². The van der Waals surface area contributed by atoms with Crippen molar-refractivity contribution in [2.45, 2.75) is 31.7 Å². The molecule has 1 aliphatic carbocycles. The Bertz CT molecular complexity index is 1040. The van der Waals surface area contributed by atoms with E-state index >= 15 is 0 Å². The number of aromatic nitrogens is 2. The molecule has 4 rings (SSSR count). The fraction of sp³-hybridized carbons (Fsp3) is 0.250. The van der Waals surface area contributed by atoms with Gasteiger partial charge in [0.2, 0.25) is 5.82 Å². The fourth-order valence-corrected chi connectivity index (χ4v) is 3.48. The summed E-state index contributed by atoms with van der Waals surface area (Å²) in [5.74, 6) is -2.91. The maximum atomic E-state index is 13.9. The van der Waals surface area contributed by atoms with Crippen molar-refractivity contribution in [2.24, 2.45) is 0 Å². The highest BCUT2D eigenvalue weighted by Crippen LogP contribution is 2.22. The van der Waals surface area contributed by atoms with Crippen LogP contribution in [0.2, 0.25) is 0 Å². The second kappa shape index (κ2) is 7.38. The van der Waals surface area contributed by atoms with E-state index in [4.69, 9.17) is 0 Å². The standard InChI is InChI=1S/C20H18F2N4O2/c21-13-8-5-9-14(22)16(13)25-19(27)17-15-10-3-4-11-26(15)18(24-17)20(28)23-12-6-1-2-7-12/h3-5,8-12H,1-2,6-7H2,(H,23,28)(H,25,27). The van der Waals surface area contributed by atoms with Crippen molar-refractivity contribution in [3.63, 3.8) is 0 Å². The van der Waals surface area contributed by atoms with Crippen molar-refractivity contribution in [3.8, 4) is 0 Å². The molecule has 2 N–H and O–H groups in total. The van der Waals surface area contributed by atoms with E-state index in [2.05, 4.69) is 15.6 Å². The molecule has 1 fully saturated rings. The zero-order valence-electron chi connectivity index (χ0n) is 14.9. The van der Waals surface area contributed by atoms with Crippen molar-refractivity contribution < 1.29 is 18.4 Å². The van der Waals surface area contributed by atoms with Gasteiger partial charge in [-0.15, -0.1) is 0 Å². The molecule has 1 aromatic carbocycles. The van der Waals surface area contributed by atoms with E-state index in [1.54, 1.807) is 24.4 Å². The van der Waals surface area contributed by atoms with Crippen molar-refractivity contribution in [2.75, 3.05) is 5.32 Å². The van der Waals surface area contributed by atoms with E-state index in [1.165, 1.54) is 10.5 Å². The van der Waals surface area contributed by atoms with E-state index < -0.39 is 23.2 Å². The van der Waals surface area contributed by atoms with Gasteiger partial charge in [-0.2, -0.15) is 0 Å². The molecule has 2 aromatic heterocycles. The average Bonchev–Trinajstić information content (AvgIpc) is 3.32. The summed E-state index contributed by atoms with van der Waals surface area (Å²) in [6.45, 7) is 0. The SMILES string of the molecule is O=C(Nc1c(F)cccc1F)c1nc(C(=O)NC2CCCC2)n2ccccc12. The first-order valence-corrected chi connectivity index (χ1v) is 9.08. The third-order valence-electron chi connectivity index (χ3n) is 4.86. The Labute approximate surface area is 159 Å². The molecule has 0 unspecified atom stereocenters. The summed E-state index contributed by atoms with van der Waals surface area (Å²) < 4.78 is 29.2. The van der Waals surface area contributed by atoms with E-state index in [-0.39, 0.29) is 23.5 Å². The van der Waals surface area contributed by atoms with Gasteiger partial charge >= 0.3 is 0 Å². The normalized spacial score (nSPS) is 14.4. The first-order valence-electron chi connectivity index (χ1n) is 9.08. The number of para-hydroxylation sites is 1. The van der Waals surface area contributed by atoms with Crippen LogP contribution in [0.25, 0.3) is 5.52 Å². The van der Waals surface area contributed by atoms with Crippen LogP contribution < -0.4 is 10.6 Å². The smallest absolute Gasteiger partial charge is 0.287 e. The van der Waals surface area contributed by atoms with E-state index in [9.17, 15) is 18.4 Å². The minimum atomic E-state index is -0.893. The van der Waals surface area contributed by atoms with Gasteiger partial charge in [0.15, 0.2) is 5.69 Å². The summed E-state index contributed by atoms with van der Waals surface area (Å²) in [4.78, 5) is 29.5. The zero-order valence-corrected chi connectivity index (χ0v) is 14.9. The van der Waals surface area contributed by atoms with Gasteiger partial charge in [-0.25, -0.2) is 13.8 Å². The predicted octanol–water partition coefficient (Wildman–Crippen LogP) is 3.54. The molecule has 0 aliphatic heterocycles. The quantitative estimate of drug-likeness (QED) is 0.723. The second-order valence-electron chi connectivity index (χ2n) is 6.75. The minimum Gasteiger partial charge on any atom is -0.347 e. The molecule has 2 heterocycles. The topological polar surface area (TPSA) is 75.5 Å². The van der Waals surface area contributed by atoms with Crippen LogP contribution in [-0.4, -0.2) is 27.2 Å². The molecule has 2 amide bonds. The van der Waals surface area contributed by atoms with Gasteiger partial charge in [0, 0.05) is 12.2 Å². The predicted molar refractivity (Wildman–Crippen MR) is 99.2 cm³/mol. The summed E-state index contributed by atoms with van der Waals surface area (Å²) in [5.41, 5.74) is -0.269. The van der Waals surface area contributed by atoms with Crippen molar-refractivity contribution >= 4 is 23.0 Å². The van der Waals surface area contributed by atoms with Crippen molar-refractivity contribution in [3.05, 3.63) is 65.7 Å². The number of amides is 2. The molecule has 0 atom stereocenters. The number of halogens is 2. The monoisotopic (exact) mass is 384 g/mol. The summed E-state index contributed by atoms with van der Waals surface area (Å²) in [6, 6.07) is 8.40. The van der Waals surface area contributed by atoms with Crippen LogP contribution in [0.1, 0.15) is 46.8 Å². The molecule has 0 bridgehead atoms. The van der Waals surface area contributed by atoms with Gasteiger partial charge in [-0.05, 0) is 37.1 Å². The molecule has 28 heavy (non-hydrogen) atoms. The first kappa shape index (κ1) is 18.1. The third kappa shape index (κ3) is 3.33. The molecule has 144 valence electrons. The largest absolute Gasteiger partial charge is 0.347 e. The number of fused-ring (bicyclic) bond motifs is 1. The van der Waals surface area contributed by atoms with Crippen LogP contribution >= 0.6 is 0 Å². The number of hydrogen-bond donors (Lipinski definition) is 2. The van der Waals surface area contributed by atoms with Gasteiger partial charge in [0.05, 0.1) is 5.52 Å². The number of rotatable bonds is 4. The second-order valence-corrected chi connectivity index (χ2v) is 6.75. The summed E-state index contributed by atoms with van der Waals surface area (Å²) in [5, 5.41) is 5.15. The third-order valence-corrected chi connectivity index (χ3v) is 4.86. The summed E-state index contributed by atoms with van der Waals surface area (Å²) in [6.07, 6.45) is 5.57. The Hall–Kier alpha value is -3.29. The lowest BCUT2D eigenvalue weighted by atomic mass is 10.2. The molecule has 8 heteroatoms. The minimum absolute atomic E-state index is 0.0571. The van der Waals surface area contributed by atoms with Crippen LogP contribution in [0.5, 0.6) is 0 Å². The van der Waals surface area contributed by atoms with E-state index in [0.717, 1.165) is 37.8 Å². The first-order chi connectivity index (χ1) is 13.5. The van der Waals surface area contributed by atoms with Crippen LogP contribution in [0.15, 0.2) is 42.6 Å². The molecule has 1 saturated carbocycles. The van der Waals surface area contributed by atoms with Crippen molar-refractivity contribution in [1.29, 1.82) is 0 Å².